The number of hydrogen-bond acceptors (Lipinski definition) is 3. The van der Waals surface area contributed by atoms with Crippen LogP contribution < -0.4 is 5.32 Å². The Bertz CT molecular complexity index is 460. The average molecular weight is 425 g/mol. The van der Waals surface area contributed by atoms with E-state index >= 15 is 0 Å². The van der Waals surface area contributed by atoms with Crippen molar-refractivity contribution in [2.75, 3.05) is 11.1 Å². The van der Waals surface area contributed by atoms with E-state index in [1.807, 2.05) is 0 Å². The zero-order valence-corrected chi connectivity index (χ0v) is 14.3. The molecule has 1 aliphatic heterocycles. The van der Waals surface area contributed by atoms with Gasteiger partial charge in [0.25, 0.3) is 0 Å². The summed E-state index contributed by atoms with van der Waals surface area (Å²) < 4.78 is 2.33. The number of hydrogen-bond donors (Lipinski definition) is 1. The first-order valence-corrected chi connectivity index (χ1v) is 8.27. The van der Waals surface area contributed by atoms with Crippen LogP contribution in [-0.4, -0.2) is 16.5 Å². The molecule has 0 bridgehead atoms. The van der Waals surface area contributed by atoms with E-state index in [1.54, 1.807) is 11.8 Å². The van der Waals surface area contributed by atoms with Gasteiger partial charge in [-0.3, -0.25) is 4.99 Å². The molecule has 92 valence electrons. The summed E-state index contributed by atoms with van der Waals surface area (Å²) in [5, 5.41) is 4.42. The molecule has 0 atom stereocenters. The highest BCUT2D eigenvalue weighted by atomic mass is 127. The van der Waals surface area contributed by atoms with Crippen LogP contribution in [0.25, 0.3) is 0 Å². The van der Waals surface area contributed by atoms with Crippen LogP contribution in [0.5, 0.6) is 0 Å². The van der Waals surface area contributed by atoms with Gasteiger partial charge in [-0.1, -0.05) is 11.8 Å². The summed E-state index contributed by atoms with van der Waals surface area (Å²) in [7, 11) is 0. The number of nitrogens with one attached hydrogen (secondary N) is 1. The monoisotopic (exact) mass is 424 g/mol. The van der Waals surface area contributed by atoms with E-state index in [0.29, 0.717) is 0 Å². The molecule has 0 radical (unpaired) electrons. The summed E-state index contributed by atoms with van der Waals surface area (Å²) >= 11 is 7.61. The lowest BCUT2D eigenvalue weighted by Gasteiger charge is -2.26. The highest BCUT2D eigenvalue weighted by Gasteiger charge is 2.22. The van der Waals surface area contributed by atoms with Gasteiger partial charge in [-0.05, 0) is 77.0 Å². The van der Waals surface area contributed by atoms with Crippen LogP contribution in [0.4, 0.5) is 5.69 Å². The normalized spacial score (nSPS) is 18.7. The molecule has 1 aromatic carbocycles. The number of rotatable bonds is 1. The van der Waals surface area contributed by atoms with Crippen molar-refractivity contribution in [3.8, 4) is 0 Å². The molecule has 5 heteroatoms. The van der Waals surface area contributed by atoms with Crippen molar-refractivity contribution in [3.63, 3.8) is 0 Å². The van der Waals surface area contributed by atoms with E-state index in [1.165, 1.54) is 3.57 Å². The van der Waals surface area contributed by atoms with Gasteiger partial charge in [0.2, 0.25) is 0 Å². The van der Waals surface area contributed by atoms with E-state index in [2.05, 4.69) is 75.9 Å². The molecular formula is C12H14BrIN2S. The number of amidine groups is 1. The van der Waals surface area contributed by atoms with Crippen molar-refractivity contribution in [1.82, 2.24) is 0 Å². The van der Waals surface area contributed by atoms with E-state index < -0.39 is 0 Å². The number of aliphatic imine (C=N–C) groups is 1. The van der Waals surface area contributed by atoms with Crippen LogP contribution in [0.1, 0.15) is 20.3 Å². The fourth-order valence-electron chi connectivity index (χ4n) is 1.52. The molecule has 1 N–H and O–H groups in total. The van der Waals surface area contributed by atoms with Gasteiger partial charge in [-0.2, -0.15) is 0 Å². The lowest BCUT2D eigenvalue weighted by Crippen LogP contribution is -2.27. The van der Waals surface area contributed by atoms with Crippen molar-refractivity contribution in [1.29, 1.82) is 0 Å². The SMILES string of the molecule is CC1(C)CCSC(Nc2ccc(Br)c(I)c2)=N1. The van der Waals surface area contributed by atoms with E-state index in [4.69, 9.17) is 4.99 Å². The zero-order chi connectivity index (χ0) is 12.5. The highest BCUT2D eigenvalue weighted by molar-refractivity contribution is 14.1. The molecule has 0 saturated heterocycles. The summed E-state index contributed by atoms with van der Waals surface area (Å²) in [6.45, 7) is 4.36. The molecule has 0 saturated carbocycles. The summed E-state index contributed by atoms with van der Waals surface area (Å²) in [5.74, 6) is 1.13. The third-order valence-corrected chi connectivity index (χ3v) is 5.73. The molecule has 2 nitrogen and oxygen atoms in total. The van der Waals surface area contributed by atoms with Gasteiger partial charge in [-0.25, -0.2) is 0 Å². The van der Waals surface area contributed by atoms with Crippen LogP contribution in [0.2, 0.25) is 0 Å². The summed E-state index contributed by atoms with van der Waals surface area (Å²) in [6.07, 6.45) is 1.14. The second kappa shape index (κ2) is 5.48. The van der Waals surface area contributed by atoms with Crippen molar-refractivity contribution in [2.45, 2.75) is 25.8 Å². The Balaban J connectivity index is 2.15. The van der Waals surface area contributed by atoms with Crippen molar-refractivity contribution >= 4 is 61.1 Å². The largest absolute Gasteiger partial charge is 0.335 e. The standard InChI is InChI=1S/C12H14BrIN2S/c1-12(2)5-6-17-11(16-12)15-8-3-4-9(13)10(14)7-8/h3-4,7H,5-6H2,1-2H3,(H,15,16). The first-order valence-electron chi connectivity index (χ1n) is 5.41. The van der Waals surface area contributed by atoms with E-state index in [0.717, 1.165) is 27.5 Å². The van der Waals surface area contributed by atoms with E-state index in [9.17, 15) is 0 Å². The second-order valence-corrected chi connectivity index (χ2v) is 7.68. The summed E-state index contributed by atoms with van der Waals surface area (Å²) in [4.78, 5) is 4.72. The Morgan fingerprint density at radius 3 is 2.88 bits per heavy atom. The topological polar surface area (TPSA) is 24.4 Å². The number of thioether (sulfide) groups is 1. The maximum absolute atomic E-state index is 4.72. The molecule has 1 aromatic rings. The quantitative estimate of drug-likeness (QED) is 0.658. The fourth-order valence-corrected chi connectivity index (χ4v) is 3.58. The molecule has 0 aliphatic carbocycles. The van der Waals surface area contributed by atoms with Gasteiger partial charge in [0.05, 0.1) is 5.54 Å². The van der Waals surface area contributed by atoms with Gasteiger partial charge >= 0.3 is 0 Å². The Morgan fingerprint density at radius 2 is 2.24 bits per heavy atom. The Morgan fingerprint density at radius 1 is 1.47 bits per heavy atom. The smallest absolute Gasteiger partial charge is 0.161 e. The number of halogens is 2. The first kappa shape index (κ1) is 13.7. The molecule has 1 aliphatic rings. The van der Waals surface area contributed by atoms with Gasteiger partial charge in [0, 0.05) is 19.5 Å². The molecule has 2 rings (SSSR count). The minimum atomic E-state index is 0.0656. The number of nitrogens with zero attached hydrogens (tertiary/aromatic N) is 1. The average Bonchev–Trinajstić information content (AvgIpc) is 2.22. The second-order valence-electron chi connectivity index (χ2n) is 4.58. The molecule has 0 spiro atoms. The van der Waals surface area contributed by atoms with Crippen molar-refractivity contribution in [2.24, 2.45) is 4.99 Å². The number of anilines is 1. The molecule has 0 amide bonds. The van der Waals surface area contributed by atoms with Crippen molar-refractivity contribution < 1.29 is 0 Å². The maximum Gasteiger partial charge on any atom is 0.161 e. The lowest BCUT2D eigenvalue weighted by molar-refractivity contribution is 0.507. The first-order chi connectivity index (χ1) is 7.96. The van der Waals surface area contributed by atoms with Gasteiger partial charge in [-0.15, -0.1) is 0 Å². The Kier molecular flexibility index (Phi) is 4.41. The predicted octanol–water partition coefficient (Wildman–Crippen LogP) is 4.74. The Labute approximate surface area is 128 Å². The minimum absolute atomic E-state index is 0.0656. The van der Waals surface area contributed by atoms with Crippen LogP contribution in [0.3, 0.4) is 0 Å². The van der Waals surface area contributed by atoms with Crippen molar-refractivity contribution in [3.05, 3.63) is 26.2 Å². The van der Waals surface area contributed by atoms with Gasteiger partial charge < -0.3 is 5.32 Å². The van der Waals surface area contributed by atoms with E-state index in [-0.39, 0.29) is 5.54 Å². The molecule has 0 unspecified atom stereocenters. The fraction of sp³-hybridized carbons (Fsp3) is 0.417. The molecule has 1 heterocycles. The van der Waals surface area contributed by atoms with Crippen LogP contribution in [0.15, 0.2) is 27.7 Å². The van der Waals surface area contributed by atoms with Crippen LogP contribution in [-0.2, 0) is 0 Å². The van der Waals surface area contributed by atoms with Gasteiger partial charge in [0.1, 0.15) is 0 Å². The molecule has 0 aromatic heterocycles. The third-order valence-electron chi connectivity index (χ3n) is 2.53. The molecular weight excluding hydrogens is 411 g/mol. The number of benzene rings is 1. The Hall–Kier alpha value is 0.250. The van der Waals surface area contributed by atoms with Crippen LogP contribution in [0, 0.1) is 3.57 Å². The molecule has 0 fully saturated rings. The maximum atomic E-state index is 4.72. The summed E-state index contributed by atoms with van der Waals surface area (Å²) in [5.41, 5.74) is 1.16. The highest BCUT2D eigenvalue weighted by Crippen LogP contribution is 2.28. The minimum Gasteiger partial charge on any atom is -0.335 e. The third kappa shape index (κ3) is 3.86. The zero-order valence-electron chi connectivity index (χ0n) is 9.76. The summed E-state index contributed by atoms with van der Waals surface area (Å²) in [6, 6.07) is 6.25. The van der Waals surface area contributed by atoms with Gasteiger partial charge in [0.15, 0.2) is 5.17 Å². The van der Waals surface area contributed by atoms with Crippen LogP contribution >= 0.6 is 50.3 Å². The molecule has 17 heavy (non-hydrogen) atoms. The predicted molar refractivity (Wildman–Crippen MR) is 89.1 cm³/mol. The lowest BCUT2D eigenvalue weighted by atomic mass is 10.0.